The van der Waals surface area contributed by atoms with Crippen LogP contribution in [0.2, 0.25) is 0 Å². The van der Waals surface area contributed by atoms with E-state index >= 15 is 0 Å². The first-order valence-electron chi connectivity index (χ1n) is 10.4. The highest BCUT2D eigenvalue weighted by Crippen LogP contribution is 2.51. The van der Waals surface area contributed by atoms with Gasteiger partial charge in [0.15, 0.2) is 0 Å². The molecule has 7 rings (SSSR count). The van der Waals surface area contributed by atoms with Gasteiger partial charge in [0.05, 0.1) is 28.0 Å². The van der Waals surface area contributed by atoms with Crippen molar-refractivity contribution in [3.8, 4) is 11.3 Å². The van der Waals surface area contributed by atoms with Crippen LogP contribution in [0, 0.1) is 0 Å². The highest BCUT2D eigenvalue weighted by atomic mass is 15.2. The largest absolute Gasteiger partial charge is 0.293 e. The quantitative estimate of drug-likeness (QED) is 0.271. The molecule has 0 fully saturated rings. The average Bonchev–Trinajstić information content (AvgIpc) is 2.84. The minimum Gasteiger partial charge on any atom is -0.293 e. The number of hydrogen-bond acceptors (Lipinski definition) is 3. The molecular formula is C28H17N3. The molecule has 144 valence electrons. The molecule has 0 N–H and O–H groups in total. The number of fused-ring (bicyclic) bond motifs is 5. The van der Waals surface area contributed by atoms with E-state index in [2.05, 4.69) is 102 Å². The van der Waals surface area contributed by atoms with E-state index in [-0.39, 0.29) is 0 Å². The Balaban J connectivity index is 1.70. The summed E-state index contributed by atoms with van der Waals surface area (Å²) in [6.07, 6.45) is 1.91. The predicted octanol–water partition coefficient (Wildman–Crippen LogP) is 7.39. The molecule has 6 aromatic rings. The molecule has 3 heteroatoms. The lowest BCUT2D eigenvalue weighted by Gasteiger charge is -2.33. The maximum Gasteiger partial charge on any atom is 0.148 e. The first-order chi connectivity index (χ1) is 15.4. The molecule has 2 aromatic heterocycles. The van der Waals surface area contributed by atoms with E-state index < -0.39 is 0 Å². The number of aromatic nitrogens is 2. The number of pyridine rings is 2. The standard InChI is InChI=1S/C28H17N3/c1-2-10-19-18(8-1)9-7-15-24(19)31-25-14-6-4-12-22(25)27-26-21(16-17-29-27)20-11-3-5-13-23(20)30-28(26)31/h1-17H. The third-order valence-electron chi connectivity index (χ3n) is 6.21. The van der Waals surface area contributed by atoms with E-state index in [0.29, 0.717) is 0 Å². The van der Waals surface area contributed by atoms with Crippen LogP contribution in [0.15, 0.2) is 103 Å². The summed E-state index contributed by atoms with van der Waals surface area (Å²) in [4.78, 5) is 12.3. The fraction of sp³-hybridized carbons (Fsp3) is 0. The van der Waals surface area contributed by atoms with Gasteiger partial charge in [0.2, 0.25) is 0 Å². The fourth-order valence-corrected chi connectivity index (χ4v) is 4.88. The van der Waals surface area contributed by atoms with Gasteiger partial charge in [-0.1, -0.05) is 72.8 Å². The van der Waals surface area contributed by atoms with Crippen molar-refractivity contribution in [1.29, 1.82) is 0 Å². The van der Waals surface area contributed by atoms with Crippen LogP contribution in [0.4, 0.5) is 17.2 Å². The zero-order valence-electron chi connectivity index (χ0n) is 16.7. The van der Waals surface area contributed by atoms with Crippen LogP contribution in [0.25, 0.3) is 43.7 Å². The Bertz CT molecular complexity index is 1650. The van der Waals surface area contributed by atoms with Crippen LogP contribution >= 0.6 is 0 Å². The van der Waals surface area contributed by atoms with Gasteiger partial charge in [0, 0.05) is 22.5 Å². The van der Waals surface area contributed by atoms with Crippen LogP contribution < -0.4 is 4.90 Å². The molecule has 0 radical (unpaired) electrons. The van der Waals surface area contributed by atoms with Gasteiger partial charge in [-0.05, 0) is 35.0 Å². The van der Waals surface area contributed by atoms with Crippen molar-refractivity contribution in [2.45, 2.75) is 0 Å². The van der Waals surface area contributed by atoms with Crippen molar-refractivity contribution in [3.05, 3.63) is 103 Å². The molecule has 0 amide bonds. The monoisotopic (exact) mass is 395 g/mol. The van der Waals surface area contributed by atoms with Crippen LogP contribution in [0.5, 0.6) is 0 Å². The average molecular weight is 395 g/mol. The Morgan fingerprint density at radius 2 is 1.32 bits per heavy atom. The van der Waals surface area contributed by atoms with E-state index in [0.717, 1.165) is 44.7 Å². The smallest absolute Gasteiger partial charge is 0.148 e. The lowest BCUT2D eigenvalue weighted by atomic mass is 9.95. The summed E-state index contributed by atoms with van der Waals surface area (Å²) >= 11 is 0. The minimum atomic E-state index is 0.937. The highest BCUT2D eigenvalue weighted by molar-refractivity contribution is 6.20. The molecule has 1 aliphatic heterocycles. The number of nitrogens with zero attached hydrogens (tertiary/aromatic N) is 3. The maximum atomic E-state index is 5.18. The Morgan fingerprint density at radius 3 is 2.29 bits per heavy atom. The third-order valence-corrected chi connectivity index (χ3v) is 6.21. The Kier molecular flexibility index (Phi) is 3.27. The van der Waals surface area contributed by atoms with Crippen molar-refractivity contribution in [1.82, 2.24) is 9.97 Å². The third kappa shape index (κ3) is 2.23. The summed E-state index contributed by atoms with van der Waals surface area (Å²) in [5.41, 5.74) is 5.36. The summed E-state index contributed by atoms with van der Waals surface area (Å²) in [5.74, 6) is 0.937. The summed E-state index contributed by atoms with van der Waals surface area (Å²) < 4.78 is 0. The zero-order valence-corrected chi connectivity index (χ0v) is 16.7. The van der Waals surface area contributed by atoms with E-state index in [1.807, 2.05) is 6.20 Å². The second-order valence-corrected chi connectivity index (χ2v) is 7.89. The molecule has 4 aromatic carbocycles. The van der Waals surface area contributed by atoms with E-state index in [1.54, 1.807) is 0 Å². The Morgan fingerprint density at radius 1 is 0.581 bits per heavy atom. The Hall–Kier alpha value is -4.24. The molecule has 0 aliphatic carbocycles. The highest BCUT2D eigenvalue weighted by Gasteiger charge is 2.29. The summed E-state index contributed by atoms with van der Waals surface area (Å²) in [7, 11) is 0. The number of anilines is 3. The van der Waals surface area contributed by atoms with Gasteiger partial charge >= 0.3 is 0 Å². The molecule has 3 nitrogen and oxygen atoms in total. The molecule has 1 aliphatic rings. The van der Waals surface area contributed by atoms with E-state index in [4.69, 9.17) is 9.97 Å². The van der Waals surface area contributed by atoms with Gasteiger partial charge in [-0.2, -0.15) is 0 Å². The molecular weight excluding hydrogens is 378 g/mol. The van der Waals surface area contributed by atoms with Crippen molar-refractivity contribution in [2.24, 2.45) is 0 Å². The minimum absolute atomic E-state index is 0.937. The summed E-state index contributed by atoms with van der Waals surface area (Å²) in [6.45, 7) is 0. The van der Waals surface area contributed by atoms with E-state index in [1.165, 1.54) is 16.2 Å². The van der Waals surface area contributed by atoms with Gasteiger partial charge in [-0.25, -0.2) is 4.98 Å². The van der Waals surface area contributed by atoms with Crippen molar-refractivity contribution in [2.75, 3.05) is 4.90 Å². The SMILES string of the molecule is c1ccc2c(c1)-c1nccc3c1c(nc1ccccc13)N2c1cccc2ccccc12. The number of benzene rings is 4. The number of rotatable bonds is 1. The van der Waals surface area contributed by atoms with Crippen LogP contribution in [0.1, 0.15) is 0 Å². The number of hydrogen-bond donors (Lipinski definition) is 0. The zero-order chi connectivity index (χ0) is 20.4. The summed E-state index contributed by atoms with van der Waals surface area (Å²) in [5, 5.41) is 5.86. The number of para-hydroxylation sites is 2. The van der Waals surface area contributed by atoms with Crippen LogP contribution in [-0.4, -0.2) is 9.97 Å². The predicted molar refractivity (Wildman–Crippen MR) is 128 cm³/mol. The Labute approximate surface area is 179 Å². The van der Waals surface area contributed by atoms with Crippen molar-refractivity contribution < 1.29 is 0 Å². The van der Waals surface area contributed by atoms with Crippen LogP contribution in [0.3, 0.4) is 0 Å². The van der Waals surface area contributed by atoms with Gasteiger partial charge in [-0.15, -0.1) is 0 Å². The van der Waals surface area contributed by atoms with E-state index in [9.17, 15) is 0 Å². The molecule has 0 saturated heterocycles. The van der Waals surface area contributed by atoms with Crippen molar-refractivity contribution >= 4 is 49.6 Å². The first kappa shape index (κ1) is 16.5. The van der Waals surface area contributed by atoms with Crippen molar-refractivity contribution in [3.63, 3.8) is 0 Å². The van der Waals surface area contributed by atoms with Gasteiger partial charge < -0.3 is 0 Å². The topological polar surface area (TPSA) is 29.0 Å². The summed E-state index contributed by atoms with van der Waals surface area (Å²) in [6, 6.07) is 34.0. The second-order valence-electron chi connectivity index (χ2n) is 7.89. The lowest BCUT2D eigenvalue weighted by Crippen LogP contribution is -2.17. The molecule has 31 heavy (non-hydrogen) atoms. The second kappa shape index (κ2) is 6.13. The molecule has 0 unspecified atom stereocenters. The molecule has 0 atom stereocenters. The van der Waals surface area contributed by atoms with Gasteiger partial charge in [-0.3, -0.25) is 9.88 Å². The molecule has 0 saturated carbocycles. The van der Waals surface area contributed by atoms with Gasteiger partial charge in [0.1, 0.15) is 5.82 Å². The van der Waals surface area contributed by atoms with Crippen LogP contribution in [-0.2, 0) is 0 Å². The first-order valence-corrected chi connectivity index (χ1v) is 10.4. The van der Waals surface area contributed by atoms with Gasteiger partial charge in [0.25, 0.3) is 0 Å². The normalized spacial score (nSPS) is 12.5. The molecule has 0 bridgehead atoms. The fourth-order valence-electron chi connectivity index (χ4n) is 4.88. The molecule has 0 spiro atoms. The molecule has 3 heterocycles. The lowest BCUT2D eigenvalue weighted by molar-refractivity contribution is 1.20. The maximum absolute atomic E-state index is 5.18.